The number of quaternary nitrogens is 1. The molecular formula is C31H36F3N7O6S. The molecule has 0 radical (unpaired) electrons. The first kappa shape index (κ1) is 34.0. The van der Waals surface area contributed by atoms with Gasteiger partial charge in [-0.15, -0.1) is 0 Å². The third kappa shape index (κ3) is 6.33. The van der Waals surface area contributed by atoms with Crippen LogP contribution in [-0.4, -0.2) is 80.2 Å². The fourth-order valence-electron chi connectivity index (χ4n) is 6.74. The summed E-state index contributed by atoms with van der Waals surface area (Å²) in [6.45, 7) is 3.80. The zero-order chi connectivity index (χ0) is 34.6. The number of amides is 1. The number of aromatic nitrogens is 4. The highest BCUT2D eigenvalue weighted by Gasteiger charge is 2.35. The van der Waals surface area contributed by atoms with Gasteiger partial charge in [0.2, 0.25) is 10.0 Å². The number of carbonyl (C=O) groups excluding carboxylic acids is 1. The maximum absolute atomic E-state index is 13.4. The number of carbonyl (C=O) groups is 1. The molecule has 1 atom stereocenters. The van der Waals surface area contributed by atoms with Gasteiger partial charge in [-0.1, -0.05) is 28.9 Å². The Kier molecular flexibility index (Phi) is 8.89. The molecule has 4 heterocycles. The molecule has 4 aromatic rings. The number of nitrogens with zero attached hydrogens (tertiary/aromatic N) is 7. The van der Waals surface area contributed by atoms with Crippen LogP contribution in [0.15, 0.2) is 53.3 Å². The Bertz CT molecular complexity index is 2010. The monoisotopic (exact) mass is 691 g/mol. The summed E-state index contributed by atoms with van der Waals surface area (Å²) in [5, 5.41) is 27.8. The van der Waals surface area contributed by atoms with Gasteiger partial charge in [0.25, 0.3) is 0 Å². The topological polar surface area (TPSA) is 146 Å². The zero-order valence-corrected chi connectivity index (χ0v) is 27.2. The van der Waals surface area contributed by atoms with Gasteiger partial charge in [0.1, 0.15) is 5.52 Å². The molecule has 17 heteroatoms. The number of aryl methyl sites for hydroxylation is 1. The van der Waals surface area contributed by atoms with Crippen molar-refractivity contribution >= 4 is 27.0 Å². The highest BCUT2D eigenvalue weighted by molar-refractivity contribution is 7.88. The largest absolute Gasteiger partial charge is 0.564 e. The summed E-state index contributed by atoms with van der Waals surface area (Å²) < 4.78 is 69.4. The van der Waals surface area contributed by atoms with Crippen LogP contribution in [0, 0.1) is 5.21 Å². The van der Waals surface area contributed by atoms with Crippen LogP contribution in [0.2, 0.25) is 0 Å². The molecule has 0 saturated carbocycles. The summed E-state index contributed by atoms with van der Waals surface area (Å²) in [6, 6.07) is 11.0. The third-order valence-electron chi connectivity index (χ3n) is 9.26. The van der Waals surface area contributed by atoms with Crippen LogP contribution in [0.4, 0.5) is 13.2 Å². The number of sulfonamides is 1. The minimum absolute atomic E-state index is 0.0862. The lowest BCUT2D eigenvalue weighted by Gasteiger charge is -2.32. The van der Waals surface area contributed by atoms with Crippen molar-refractivity contribution in [2.24, 2.45) is 0 Å². The zero-order valence-electron chi connectivity index (χ0n) is 26.4. The fraction of sp³-hybridized carbons (Fsp3) is 0.452. The summed E-state index contributed by atoms with van der Waals surface area (Å²) in [5.74, 6) is -1.15. The van der Waals surface area contributed by atoms with E-state index in [0.717, 1.165) is 31.0 Å². The molecule has 48 heavy (non-hydrogen) atoms. The average molecular weight is 692 g/mol. The Morgan fingerprint density at radius 1 is 1.04 bits per heavy atom. The van der Waals surface area contributed by atoms with E-state index in [1.807, 2.05) is 4.68 Å². The van der Waals surface area contributed by atoms with Gasteiger partial charge in [-0.2, -0.15) is 27.8 Å². The number of para-hydroxylation sites is 2. The first-order valence-electron chi connectivity index (χ1n) is 15.6. The Labute approximate surface area is 274 Å². The maximum atomic E-state index is 13.4. The lowest BCUT2D eigenvalue weighted by Crippen LogP contribution is -2.58. The van der Waals surface area contributed by atoms with Crippen molar-refractivity contribution < 1.29 is 31.6 Å². The molecular weight excluding hydrogens is 655 g/mol. The number of piperidine rings is 1. The number of benzene rings is 2. The van der Waals surface area contributed by atoms with E-state index in [2.05, 4.69) is 4.90 Å². The van der Waals surface area contributed by atoms with E-state index in [4.69, 9.17) is 5.10 Å². The molecule has 1 saturated heterocycles. The van der Waals surface area contributed by atoms with Crippen LogP contribution in [-0.2, 0) is 40.5 Å². The normalized spacial score (nSPS) is 18.2. The number of halogens is 3. The van der Waals surface area contributed by atoms with Crippen molar-refractivity contribution in [1.29, 1.82) is 0 Å². The van der Waals surface area contributed by atoms with Gasteiger partial charge in [0, 0.05) is 62.0 Å². The second-order valence-corrected chi connectivity index (χ2v) is 14.3. The van der Waals surface area contributed by atoms with Gasteiger partial charge in [0.15, 0.2) is 0 Å². The van der Waals surface area contributed by atoms with E-state index in [0.29, 0.717) is 78.9 Å². The van der Waals surface area contributed by atoms with E-state index in [1.54, 1.807) is 18.2 Å². The van der Waals surface area contributed by atoms with Crippen LogP contribution in [0.1, 0.15) is 49.0 Å². The molecule has 2 aliphatic rings. The Hall–Kier alpha value is -3.87. The quantitative estimate of drug-likeness (QED) is 0.168. The maximum Gasteiger partial charge on any atom is 0.416 e. The summed E-state index contributed by atoms with van der Waals surface area (Å²) >= 11 is 0. The molecule has 1 amide bonds. The predicted molar refractivity (Wildman–Crippen MR) is 171 cm³/mol. The molecule has 258 valence electrons. The Morgan fingerprint density at radius 2 is 1.69 bits per heavy atom. The van der Waals surface area contributed by atoms with Crippen molar-refractivity contribution in [1.82, 2.24) is 33.1 Å². The molecule has 1 fully saturated rings. The molecule has 2 aliphatic heterocycles. The summed E-state index contributed by atoms with van der Waals surface area (Å²) in [5.41, 5.74) is 1.57. The van der Waals surface area contributed by atoms with Gasteiger partial charge in [-0.05, 0) is 55.0 Å². The number of rotatable bonds is 8. The van der Waals surface area contributed by atoms with Gasteiger partial charge in [-0.25, -0.2) is 18.0 Å². The molecule has 2 aromatic carbocycles. The van der Waals surface area contributed by atoms with Crippen LogP contribution >= 0.6 is 0 Å². The second-order valence-electron chi connectivity index (χ2n) is 12.4. The lowest BCUT2D eigenvalue weighted by molar-refractivity contribution is -0.174. The second kappa shape index (κ2) is 12.5. The molecule has 0 bridgehead atoms. The van der Waals surface area contributed by atoms with Crippen molar-refractivity contribution in [2.75, 3.05) is 32.4 Å². The number of likely N-dealkylation sites (tertiary alicyclic amines) is 1. The summed E-state index contributed by atoms with van der Waals surface area (Å²) in [7, 11) is -3.49. The number of fused-ring (bicyclic) bond motifs is 2. The van der Waals surface area contributed by atoms with Gasteiger partial charge in [0.05, 0.1) is 30.0 Å². The van der Waals surface area contributed by atoms with E-state index in [-0.39, 0.29) is 24.6 Å². The predicted octanol–water partition coefficient (Wildman–Crippen LogP) is 3.60. The van der Waals surface area contributed by atoms with Crippen molar-refractivity contribution in [3.8, 4) is 11.3 Å². The molecule has 1 unspecified atom stereocenters. The standard InChI is InChI=1S/C31H36F3N7O6S/c1-21(42)41(44,45)40-28-7-4-3-6-27(28)39(30(40)43)24-12-17-36(18-13-24)15-5-16-38-26-14-19-37(48(2,46)47)20-25(26)29(35-38)22-8-10-23(11-9-22)31(32,33)34/h3-4,6-11,24,44H,5,12-20H2,1-2H3. The van der Waals surface area contributed by atoms with Gasteiger partial charge >= 0.3 is 17.8 Å². The number of imidazole rings is 1. The first-order valence-corrected chi connectivity index (χ1v) is 17.4. The number of alkyl halides is 3. The molecule has 13 nitrogen and oxygen atoms in total. The average Bonchev–Trinajstić information content (AvgIpc) is 3.55. The first-order chi connectivity index (χ1) is 22.6. The molecule has 2 aromatic heterocycles. The molecule has 0 spiro atoms. The van der Waals surface area contributed by atoms with Crippen molar-refractivity contribution in [3.05, 3.63) is 81.0 Å². The Balaban J connectivity index is 1.16. The van der Waals surface area contributed by atoms with E-state index in [9.17, 15) is 41.6 Å². The summed E-state index contributed by atoms with van der Waals surface area (Å²) in [6.07, 6.45) is -1.05. The van der Waals surface area contributed by atoms with E-state index in [1.165, 1.54) is 27.1 Å². The number of hydrogen-bond acceptors (Lipinski definition) is 8. The van der Waals surface area contributed by atoms with Crippen molar-refractivity contribution in [2.45, 2.75) is 57.9 Å². The minimum Gasteiger partial charge on any atom is -0.564 e. The fourth-order valence-corrected chi connectivity index (χ4v) is 7.53. The van der Waals surface area contributed by atoms with Gasteiger partial charge in [-0.3, -0.25) is 9.25 Å². The van der Waals surface area contributed by atoms with Crippen molar-refractivity contribution in [3.63, 3.8) is 0 Å². The van der Waals surface area contributed by atoms with Gasteiger partial charge < -0.3 is 10.1 Å². The Morgan fingerprint density at radius 3 is 2.29 bits per heavy atom. The molecule has 0 aliphatic carbocycles. The summed E-state index contributed by atoms with van der Waals surface area (Å²) in [4.78, 5) is 25.1. The molecule has 1 N–H and O–H groups in total. The lowest BCUT2D eigenvalue weighted by atomic mass is 10.0. The highest BCUT2D eigenvalue weighted by Crippen LogP contribution is 2.34. The molecule has 6 rings (SSSR count). The SMILES string of the molecule is CC(=O)[N+]([O-])(O)n1c(=O)n(C2CCN(CCCn3nc(-c4ccc(C(F)(F)F)cc4)c4c3CCN(S(C)(=O)=O)C4)CC2)c2ccccc21. The van der Waals surface area contributed by atoms with Crippen LogP contribution in [0.3, 0.4) is 0 Å². The smallest absolute Gasteiger partial charge is 0.416 e. The van der Waals surface area contributed by atoms with E-state index < -0.39 is 38.3 Å². The van der Waals surface area contributed by atoms with Crippen LogP contribution in [0.25, 0.3) is 22.3 Å². The third-order valence-corrected chi connectivity index (χ3v) is 10.5. The van der Waals surface area contributed by atoms with Crippen LogP contribution < -0.4 is 10.6 Å². The van der Waals surface area contributed by atoms with E-state index >= 15 is 0 Å². The van der Waals surface area contributed by atoms with Crippen LogP contribution in [0.5, 0.6) is 0 Å². The number of hydroxylamine groups is 2. The number of hydrogen-bond donors (Lipinski definition) is 1. The highest BCUT2D eigenvalue weighted by atomic mass is 32.2. The minimum atomic E-state index is -4.48.